The molecule has 0 aromatic heterocycles. The minimum Gasteiger partial charge on any atom is -0.497 e. The molecule has 0 bridgehead atoms. The van der Waals surface area contributed by atoms with Gasteiger partial charge in [-0.05, 0) is 43.7 Å². The van der Waals surface area contributed by atoms with Crippen LogP contribution in [0.2, 0.25) is 0 Å². The molecule has 2 atom stereocenters. The molecular formula is C16H24N2O3. The van der Waals surface area contributed by atoms with E-state index in [2.05, 4.69) is 10.2 Å². The average molecular weight is 292 g/mol. The van der Waals surface area contributed by atoms with Gasteiger partial charge in [0.25, 0.3) is 0 Å². The maximum atomic E-state index is 10.5. The van der Waals surface area contributed by atoms with Crippen LogP contribution in [0.1, 0.15) is 12.0 Å². The number of hydrogen-bond donors (Lipinski definition) is 2. The molecular weight excluding hydrogens is 268 g/mol. The maximum Gasteiger partial charge on any atom is 0.122 e. The molecule has 2 aliphatic rings. The lowest BCUT2D eigenvalue weighted by Crippen LogP contribution is -2.49. The first kappa shape index (κ1) is 14.6. The van der Waals surface area contributed by atoms with Crippen LogP contribution in [0.25, 0.3) is 0 Å². The van der Waals surface area contributed by atoms with Crippen molar-refractivity contribution in [2.45, 2.75) is 24.5 Å². The normalized spacial score (nSPS) is 29.0. The average Bonchev–Trinajstić information content (AvgIpc) is 2.84. The molecule has 2 N–H and O–H groups in total. The van der Waals surface area contributed by atoms with Crippen LogP contribution in [0.15, 0.2) is 18.2 Å². The predicted octanol–water partition coefficient (Wildman–Crippen LogP) is 0.655. The zero-order valence-electron chi connectivity index (χ0n) is 12.8. The van der Waals surface area contributed by atoms with E-state index in [9.17, 15) is 5.11 Å². The summed E-state index contributed by atoms with van der Waals surface area (Å²) in [5, 5.41) is 14.0. The summed E-state index contributed by atoms with van der Waals surface area (Å²) in [6.45, 7) is 2.95. The maximum absolute atomic E-state index is 10.5. The van der Waals surface area contributed by atoms with Crippen molar-refractivity contribution in [2.24, 2.45) is 0 Å². The Balaban J connectivity index is 1.58. The fourth-order valence-corrected chi connectivity index (χ4v) is 3.17. The highest BCUT2D eigenvalue weighted by atomic mass is 16.5. The largest absolute Gasteiger partial charge is 0.497 e. The van der Waals surface area contributed by atoms with E-state index in [4.69, 9.17) is 9.47 Å². The van der Waals surface area contributed by atoms with E-state index in [1.165, 1.54) is 0 Å². The molecule has 3 rings (SSSR count). The number of rotatable bonds is 4. The topological polar surface area (TPSA) is 54.0 Å². The first-order valence-corrected chi connectivity index (χ1v) is 7.52. The summed E-state index contributed by atoms with van der Waals surface area (Å²) in [4.78, 5) is 2.17. The fraction of sp³-hybridized carbons (Fsp3) is 0.625. The number of hydrogen-bond acceptors (Lipinski definition) is 5. The minimum absolute atomic E-state index is 0.236. The van der Waals surface area contributed by atoms with Crippen molar-refractivity contribution in [3.63, 3.8) is 0 Å². The highest BCUT2D eigenvalue weighted by Gasteiger charge is 2.35. The van der Waals surface area contributed by atoms with E-state index >= 15 is 0 Å². The van der Waals surface area contributed by atoms with Gasteiger partial charge >= 0.3 is 0 Å². The van der Waals surface area contributed by atoms with Crippen molar-refractivity contribution in [3.8, 4) is 11.5 Å². The van der Waals surface area contributed by atoms with Gasteiger partial charge in [-0.2, -0.15) is 0 Å². The van der Waals surface area contributed by atoms with Crippen LogP contribution in [0.4, 0.5) is 0 Å². The first-order valence-electron chi connectivity index (χ1n) is 7.52. The summed E-state index contributed by atoms with van der Waals surface area (Å²) >= 11 is 0. The smallest absolute Gasteiger partial charge is 0.122 e. The van der Waals surface area contributed by atoms with Crippen molar-refractivity contribution in [1.82, 2.24) is 10.2 Å². The van der Waals surface area contributed by atoms with Gasteiger partial charge in [-0.25, -0.2) is 0 Å². The van der Waals surface area contributed by atoms with E-state index in [0.717, 1.165) is 43.0 Å². The second-order valence-electron chi connectivity index (χ2n) is 6.28. The number of fused-ring (bicyclic) bond motifs is 1. The number of nitrogens with one attached hydrogen (secondary N) is 1. The third-order valence-corrected chi connectivity index (χ3v) is 4.42. The van der Waals surface area contributed by atoms with Crippen LogP contribution < -0.4 is 14.8 Å². The van der Waals surface area contributed by atoms with Crippen LogP contribution in [-0.2, 0) is 6.42 Å². The molecule has 2 heterocycles. The molecule has 1 saturated heterocycles. The second-order valence-corrected chi connectivity index (χ2v) is 6.28. The number of aliphatic hydroxyl groups is 1. The van der Waals surface area contributed by atoms with Gasteiger partial charge in [-0.3, -0.25) is 0 Å². The van der Waals surface area contributed by atoms with Gasteiger partial charge in [0.15, 0.2) is 0 Å². The van der Waals surface area contributed by atoms with Crippen molar-refractivity contribution in [1.29, 1.82) is 0 Å². The van der Waals surface area contributed by atoms with Gasteiger partial charge in [0.2, 0.25) is 0 Å². The highest BCUT2D eigenvalue weighted by molar-refractivity contribution is 5.42. The SMILES string of the molecule is COc1ccc2c(c1)C[C@@H](NC[C@@]1(O)CCN(C)C1)CO2. The third-order valence-electron chi connectivity index (χ3n) is 4.42. The zero-order valence-corrected chi connectivity index (χ0v) is 12.8. The Morgan fingerprint density at radius 2 is 2.38 bits per heavy atom. The summed E-state index contributed by atoms with van der Waals surface area (Å²) < 4.78 is 11.1. The molecule has 0 amide bonds. The van der Waals surface area contributed by atoms with Gasteiger partial charge in [0.1, 0.15) is 18.1 Å². The van der Waals surface area contributed by atoms with E-state index in [0.29, 0.717) is 13.2 Å². The molecule has 116 valence electrons. The quantitative estimate of drug-likeness (QED) is 0.854. The number of ether oxygens (including phenoxy) is 2. The Kier molecular flexibility index (Phi) is 4.06. The van der Waals surface area contributed by atoms with Crippen LogP contribution in [-0.4, -0.2) is 62.0 Å². The summed E-state index contributed by atoms with van der Waals surface area (Å²) in [5.74, 6) is 1.79. The number of nitrogens with zero attached hydrogens (tertiary/aromatic N) is 1. The molecule has 0 unspecified atom stereocenters. The van der Waals surface area contributed by atoms with Gasteiger partial charge in [-0.15, -0.1) is 0 Å². The molecule has 0 radical (unpaired) electrons. The Morgan fingerprint density at radius 1 is 1.52 bits per heavy atom. The number of methoxy groups -OCH3 is 1. The van der Waals surface area contributed by atoms with Gasteiger partial charge in [-0.1, -0.05) is 0 Å². The van der Waals surface area contributed by atoms with Crippen molar-refractivity contribution >= 4 is 0 Å². The number of likely N-dealkylation sites (N-methyl/N-ethyl adjacent to an activating group) is 1. The summed E-state index contributed by atoms with van der Waals surface area (Å²) in [6.07, 6.45) is 1.73. The molecule has 2 aliphatic heterocycles. The number of likely N-dealkylation sites (tertiary alicyclic amines) is 1. The zero-order chi connectivity index (χ0) is 14.9. The lowest BCUT2D eigenvalue weighted by atomic mass is 9.99. The predicted molar refractivity (Wildman–Crippen MR) is 81.0 cm³/mol. The molecule has 0 spiro atoms. The lowest BCUT2D eigenvalue weighted by Gasteiger charge is -2.30. The first-order chi connectivity index (χ1) is 10.1. The summed E-state index contributed by atoms with van der Waals surface area (Å²) in [6, 6.07) is 6.15. The lowest BCUT2D eigenvalue weighted by molar-refractivity contribution is 0.0462. The molecule has 1 aromatic carbocycles. The van der Waals surface area contributed by atoms with Crippen molar-refractivity contribution < 1.29 is 14.6 Å². The monoisotopic (exact) mass is 292 g/mol. The van der Waals surface area contributed by atoms with Crippen molar-refractivity contribution in [3.05, 3.63) is 23.8 Å². The third kappa shape index (κ3) is 3.31. The second kappa shape index (κ2) is 5.83. The Bertz CT molecular complexity index is 508. The fourth-order valence-electron chi connectivity index (χ4n) is 3.17. The van der Waals surface area contributed by atoms with Crippen LogP contribution in [0.5, 0.6) is 11.5 Å². The van der Waals surface area contributed by atoms with Gasteiger partial charge in [0.05, 0.1) is 12.7 Å². The molecule has 1 fully saturated rings. The van der Waals surface area contributed by atoms with Gasteiger partial charge < -0.3 is 24.8 Å². The molecule has 1 aromatic rings. The van der Waals surface area contributed by atoms with Crippen LogP contribution >= 0.6 is 0 Å². The van der Waals surface area contributed by atoms with Crippen LogP contribution in [0.3, 0.4) is 0 Å². The standard InChI is InChI=1S/C16H24N2O3/c1-18-6-5-16(19,11-18)10-17-13-7-12-8-14(20-2)3-4-15(12)21-9-13/h3-4,8,13,17,19H,5-7,9-11H2,1-2H3/t13-,16+/m1/s1. The van der Waals surface area contributed by atoms with Gasteiger partial charge in [0, 0.05) is 25.7 Å². The Morgan fingerprint density at radius 3 is 3.10 bits per heavy atom. The molecule has 0 saturated carbocycles. The molecule has 5 nitrogen and oxygen atoms in total. The van der Waals surface area contributed by atoms with Crippen LogP contribution in [0, 0.1) is 0 Å². The van der Waals surface area contributed by atoms with Crippen molar-refractivity contribution in [2.75, 3.05) is 40.4 Å². The number of β-amino-alcohol motifs (C(OH)–C–C–N with tert-alkyl or cyclic N) is 1. The molecule has 5 heteroatoms. The Hall–Kier alpha value is -1.30. The number of benzene rings is 1. The van der Waals surface area contributed by atoms with E-state index < -0.39 is 5.60 Å². The highest BCUT2D eigenvalue weighted by Crippen LogP contribution is 2.29. The minimum atomic E-state index is -0.608. The van der Waals surface area contributed by atoms with E-state index in [1.54, 1.807) is 7.11 Å². The van der Waals surface area contributed by atoms with E-state index in [-0.39, 0.29) is 6.04 Å². The van der Waals surface area contributed by atoms with E-state index in [1.807, 2.05) is 25.2 Å². The molecule has 21 heavy (non-hydrogen) atoms. The summed E-state index contributed by atoms with van der Waals surface area (Å²) in [7, 11) is 3.72. The summed E-state index contributed by atoms with van der Waals surface area (Å²) in [5.41, 5.74) is 0.553. The Labute approximate surface area is 125 Å². The molecule has 0 aliphatic carbocycles.